The summed E-state index contributed by atoms with van der Waals surface area (Å²) in [6, 6.07) is 10.3. The first-order valence-electron chi connectivity index (χ1n) is 10.6. The highest BCUT2D eigenvalue weighted by atomic mass is 32.2. The Morgan fingerprint density at radius 2 is 1.79 bits per heavy atom. The summed E-state index contributed by atoms with van der Waals surface area (Å²) in [5.41, 5.74) is 0.488. The fourth-order valence-corrected chi connectivity index (χ4v) is 5.44. The van der Waals surface area contributed by atoms with Gasteiger partial charge in [-0.05, 0) is 55.3 Å². The standard InChI is InChI=1S/C22H23F3N4O4S/c1-33-16-6-4-15(5-7-16)26-20(30)10-13-29-19-9-8-17(34(31,32)28-11-2-3-12-28)14-18(19)27-21(29)22(23,24)25/h4-9,14H,2-3,10-13H2,1H3,(H,26,30). The van der Waals surface area contributed by atoms with Gasteiger partial charge in [-0.15, -0.1) is 0 Å². The van der Waals surface area contributed by atoms with Crippen LogP contribution in [0.25, 0.3) is 11.0 Å². The Labute approximate surface area is 194 Å². The third-order valence-corrected chi connectivity index (χ3v) is 7.51. The van der Waals surface area contributed by atoms with Crippen LogP contribution in [0, 0.1) is 0 Å². The third kappa shape index (κ3) is 4.87. The lowest BCUT2D eigenvalue weighted by molar-refractivity contribution is -0.147. The molecular formula is C22H23F3N4O4S. The Kier molecular flexibility index (Phi) is 6.54. The van der Waals surface area contributed by atoms with E-state index in [1.165, 1.54) is 23.5 Å². The molecule has 1 aromatic heterocycles. The third-order valence-electron chi connectivity index (χ3n) is 5.61. The van der Waals surface area contributed by atoms with Gasteiger partial charge in [0.1, 0.15) is 5.75 Å². The van der Waals surface area contributed by atoms with Crippen LogP contribution in [0.1, 0.15) is 25.1 Å². The molecule has 0 saturated carbocycles. The smallest absolute Gasteiger partial charge is 0.449 e. The molecule has 0 spiro atoms. The number of amides is 1. The zero-order valence-corrected chi connectivity index (χ0v) is 19.1. The topological polar surface area (TPSA) is 93.5 Å². The minimum absolute atomic E-state index is 0.0943. The highest BCUT2D eigenvalue weighted by Crippen LogP contribution is 2.33. The van der Waals surface area contributed by atoms with E-state index in [1.54, 1.807) is 24.3 Å². The highest BCUT2D eigenvalue weighted by molar-refractivity contribution is 7.89. The first-order chi connectivity index (χ1) is 16.1. The van der Waals surface area contributed by atoms with E-state index in [2.05, 4.69) is 10.3 Å². The second-order valence-electron chi connectivity index (χ2n) is 7.87. The van der Waals surface area contributed by atoms with Crippen molar-refractivity contribution >= 4 is 32.7 Å². The van der Waals surface area contributed by atoms with Crippen molar-refractivity contribution < 1.29 is 31.1 Å². The van der Waals surface area contributed by atoms with E-state index >= 15 is 0 Å². The van der Waals surface area contributed by atoms with E-state index in [1.807, 2.05) is 0 Å². The van der Waals surface area contributed by atoms with Gasteiger partial charge in [-0.25, -0.2) is 13.4 Å². The Morgan fingerprint density at radius 3 is 2.41 bits per heavy atom. The summed E-state index contributed by atoms with van der Waals surface area (Å²) in [6.07, 6.45) is -3.53. The van der Waals surface area contributed by atoms with Gasteiger partial charge < -0.3 is 14.6 Å². The summed E-state index contributed by atoms with van der Waals surface area (Å²) in [5.74, 6) is -1.06. The molecule has 1 aliphatic rings. The Morgan fingerprint density at radius 1 is 1.12 bits per heavy atom. The van der Waals surface area contributed by atoms with Crippen molar-refractivity contribution in [3.05, 3.63) is 48.3 Å². The summed E-state index contributed by atoms with van der Waals surface area (Å²) >= 11 is 0. The first kappa shape index (κ1) is 24.0. The predicted molar refractivity (Wildman–Crippen MR) is 119 cm³/mol. The molecule has 0 radical (unpaired) electrons. The van der Waals surface area contributed by atoms with E-state index in [0.29, 0.717) is 24.5 Å². The molecule has 8 nitrogen and oxygen atoms in total. The number of nitrogens with zero attached hydrogens (tertiary/aromatic N) is 3. The largest absolute Gasteiger partial charge is 0.497 e. The van der Waals surface area contributed by atoms with Crippen molar-refractivity contribution in [2.24, 2.45) is 0 Å². The van der Waals surface area contributed by atoms with Crippen LogP contribution in [0.2, 0.25) is 0 Å². The average Bonchev–Trinajstić information content (AvgIpc) is 3.46. The van der Waals surface area contributed by atoms with Crippen LogP contribution >= 0.6 is 0 Å². The molecule has 4 rings (SSSR count). The summed E-state index contributed by atoms with van der Waals surface area (Å²) in [7, 11) is -2.30. The number of rotatable bonds is 7. The van der Waals surface area contributed by atoms with Gasteiger partial charge in [0.2, 0.25) is 21.8 Å². The van der Waals surface area contributed by atoms with Crippen molar-refractivity contribution in [3.8, 4) is 5.75 Å². The van der Waals surface area contributed by atoms with E-state index in [9.17, 15) is 26.4 Å². The molecule has 1 aliphatic heterocycles. The lowest BCUT2D eigenvalue weighted by atomic mass is 10.2. The van der Waals surface area contributed by atoms with Gasteiger partial charge >= 0.3 is 6.18 Å². The van der Waals surface area contributed by atoms with E-state index in [4.69, 9.17) is 4.74 Å². The maximum atomic E-state index is 13.7. The molecule has 0 bridgehead atoms. The number of sulfonamides is 1. The van der Waals surface area contributed by atoms with Gasteiger partial charge in [-0.2, -0.15) is 17.5 Å². The van der Waals surface area contributed by atoms with Crippen LogP contribution < -0.4 is 10.1 Å². The van der Waals surface area contributed by atoms with E-state index in [-0.39, 0.29) is 28.9 Å². The lowest BCUT2D eigenvalue weighted by Gasteiger charge is -2.15. The van der Waals surface area contributed by atoms with Crippen molar-refractivity contribution in [2.75, 3.05) is 25.5 Å². The van der Waals surface area contributed by atoms with Crippen molar-refractivity contribution in [1.29, 1.82) is 0 Å². The molecule has 2 aromatic carbocycles. The number of aromatic nitrogens is 2. The number of halogens is 3. The van der Waals surface area contributed by atoms with Crippen LogP contribution in [-0.4, -0.2) is 48.4 Å². The molecule has 0 unspecified atom stereocenters. The second kappa shape index (κ2) is 9.26. The normalized spacial score (nSPS) is 15.1. The van der Waals surface area contributed by atoms with E-state index < -0.39 is 27.9 Å². The number of benzene rings is 2. The fraction of sp³-hybridized carbons (Fsp3) is 0.364. The van der Waals surface area contributed by atoms with Crippen LogP contribution in [0.4, 0.5) is 18.9 Å². The second-order valence-corrected chi connectivity index (χ2v) is 9.81. The number of nitrogens with one attached hydrogen (secondary N) is 1. The summed E-state index contributed by atoms with van der Waals surface area (Å²) < 4.78 is 73.9. The number of aryl methyl sites for hydroxylation is 1. The summed E-state index contributed by atoms with van der Waals surface area (Å²) in [4.78, 5) is 15.9. The number of imidazole rings is 1. The zero-order valence-electron chi connectivity index (χ0n) is 18.3. The van der Waals surface area contributed by atoms with Gasteiger partial charge in [0.25, 0.3) is 0 Å². The van der Waals surface area contributed by atoms with Gasteiger partial charge in [0, 0.05) is 31.7 Å². The maximum Gasteiger partial charge on any atom is 0.449 e. The fourth-order valence-electron chi connectivity index (χ4n) is 3.90. The van der Waals surface area contributed by atoms with E-state index in [0.717, 1.165) is 23.5 Å². The Hall–Kier alpha value is -3.12. The highest BCUT2D eigenvalue weighted by Gasteiger charge is 2.38. The van der Waals surface area contributed by atoms with Crippen molar-refractivity contribution in [3.63, 3.8) is 0 Å². The molecule has 2 heterocycles. The van der Waals surface area contributed by atoms with Crippen molar-refractivity contribution in [2.45, 2.75) is 36.9 Å². The zero-order chi connectivity index (χ0) is 24.5. The number of ether oxygens (including phenoxy) is 1. The number of fused-ring (bicyclic) bond motifs is 1. The number of carbonyl (C=O) groups excluding carboxylic acids is 1. The van der Waals surface area contributed by atoms with Gasteiger partial charge in [-0.1, -0.05) is 0 Å². The Bertz CT molecular complexity index is 1300. The molecule has 1 saturated heterocycles. The van der Waals surface area contributed by atoms with Crippen LogP contribution in [0.5, 0.6) is 5.75 Å². The van der Waals surface area contributed by atoms with Crippen molar-refractivity contribution in [1.82, 2.24) is 13.9 Å². The van der Waals surface area contributed by atoms with Crippen LogP contribution in [0.15, 0.2) is 47.4 Å². The quantitative estimate of drug-likeness (QED) is 0.536. The van der Waals surface area contributed by atoms with Gasteiger partial charge in [-0.3, -0.25) is 4.79 Å². The lowest BCUT2D eigenvalue weighted by Crippen LogP contribution is -2.27. The minimum atomic E-state index is -4.78. The molecule has 12 heteroatoms. The molecule has 0 atom stereocenters. The SMILES string of the molecule is COc1ccc(NC(=O)CCn2c(C(F)(F)F)nc3cc(S(=O)(=O)N4CCCC4)ccc32)cc1. The maximum absolute atomic E-state index is 13.7. The number of alkyl halides is 3. The van der Waals surface area contributed by atoms with Gasteiger partial charge in [0.05, 0.1) is 23.0 Å². The number of hydrogen-bond donors (Lipinski definition) is 1. The molecule has 3 aromatic rings. The van der Waals surface area contributed by atoms with Crippen LogP contribution in [-0.2, 0) is 27.5 Å². The molecule has 34 heavy (non-hydrogen) atoms. The molecule has 182 valence electrons. The minimum Gasteiger partial charge on any atom is -0.497 e. The number of anilines is 1. The number of methoxy groups -OCH3 is 1. The molecule has 0 aliphatic carbocycles. The monoisotopic (exact) mass is 496 g/mol. The van der Waals surface area contributed by atoms with Crippen LogP contribution in [0.3, 0.4) is 0 Å². The number of carbonyl (C=O) groups is 1. The first-order valence-corrected chi connectivity index (χ1v) is 12.0. The predicted octanol–water partition coefficient (Wildman–Crippen LogP) is 3.88. The molecule has 1 amide bonds. The Balaban J connectivity index is 1.58. The molecule has 1 fully saturated rings. The van der Waals surface area contributed by atoms with Gasteiger partial charge in [0.15, 0.2) is 0 Å². The summed E-state index contributed by atoms with van der Waals surface area (Å²) in [5, 5.41) is 2.63. The summed E-state index contributed by atoms with van der Waals surface area (Å²) in [6.45, 7) is 0.476. The number of hydrogen-bond acceptors (Lipinski definition) is 5. The molecule has 1 N–H and O–H groups in total. The molecular weight excluding hydrogens is 473 g/mol. The average molecular weight is 497 g/mol.